The summed E-state index contributed by atoms with van der Waals surface area (Å²) in [5.74, 6) is 1.85. The van der Waals surface area contributed by atoms with Gasteiger partial charge < -0.3 is 14.8 Å². The molecule has 0 bridgehead atoms. The highest BCUT2D eigenvalue weighted by Gasteiger charge is 2.12. The molecule has 0 atom stereocenters. The van der Waals surface area contributed by atoms with Gasteiger partial charge in [-0.25, -0.2) is 4.98 Å². The Morgan fingerprint density at radius 3 is 2.76 bits per heavy atom. The molecule has 0 fully saturated rings. The van der Waals surface area contributed by atoms with E-state index in [2.05, 4.69) is 26.2 Å². The zero-order valence-electron chi connectivity index (χ0n) is 15.6. The van der Waals surface area contributed by atoms with Gasteiger partial charge in [0.2, 0.25) is 5.91 Å². The summed E-state index contributed by atoms with van der Waals surface area (Å²) in [6.45, 7) is 1.72. The summed E-state index contributed by atoms with van der Waals surface area (Å²) in [6, 6.07) is 13.9. The first kappa shape index (κ1) is 19.8. The number of hydrogen-bond donors (Lipinski definition) is 1. The number of nitrogens with zero attached hydrogens (tertiary/aromatic N) is 2. The number of amides is 1. The highest BCUT2D eigenvalue weighted by Crippen LogP contribution is 2.30. The predicted molar refractivity (Wildman–Crippen MR) is 116 cm³/mol. The molecule has 1 aliphatic heterocycles. The van der Waals surface area contributed by atoms with Crippen molar-refractivity contribution in [2.45, 2.75) is 11.6 Å². The van der Waals surface area contributed by atoms with Crippen LogP contribution in [0.4, 0.5) is 0 Å². The number of imidazole rings is 1. The molecule has 150 valence electrons. The Labute approximate surface area is 181 Å². The third-order valence-electron chi connectivity index (χ3n) is 4.39. The van der Waals surface area contributed by atoms with Crippen molar-refractivity contribution in [1.82, 2.24) is 14.9 Å². The second-order valence-corrected chi connectivity index (χ2v) is 8.28. The maximum atomic E-state index is 12.2. The molecule has 0 spiro atoms. The normalized spacial score (nSPS) is 12.6. The van der Waals surface area contributed by atoms with Crippen molar-refractivity contribution in [3.63, 3.8) is 0 Å². The molecule has 0 saturated carbocycles. The molecule has 2 heterocycles. The number of ether oxygens (including phenoxy) is 2. The van der Waals surface area contributed by atoms with Gasteiger partial charge in [-0.05, 0) is 48.4 Å². The van der Waals surface area contributed by atoms with Crippen LogP contribution >= 0.6 is 27.7 Å². The molecule has 2 aromatic carbocycles. The van der Waals surface area contributed by atoms with E-state index in [0.29, 0.717) is 25.5 Å². The molecule has 0 unspecified atom stereocenters. The van der Waals surface area contributed by atoms with Crippen LogP contribution in [0.2, 0.25) is 0 Å². The summed E-state index contributed by atoms with van der Waals surface area (Å²) in [5, 5.41) is 3.75. The zero-order chi connectivity index (χ0) is 20.1. The average Bonchev–Trinajstić information content (AvgIpc) is 3.21. The number of hydrogen-bond acceptors (Lipinski definition) is 5. The maximum absolute atomic E-state index is 12.2. The summed E-state index contributed by atoms with van der Waals surface area (Å²) in [5.41, 5.74) is 2.11. The molecule has 1 aliphatic rings. The minimum Gasteiger partial charge on any atom is -0.486 e. The lowest BCUT2D eigenvalue weighted by Crippen LogP contribution is -2.27. The molecule has 0 aliphatic carbocycles. The molecular weight excluding hydrogens is 454 g/mol. The summed E-state index contributed by atoms with van der Waals surface area (Å²) in [7, 11) is 0. The van der Waals surface area contributed by atoms with Crippen LogP contribution in [0.1, 0.15) is 5.56 Å². The van der Waals surface area contributed by atoms with Crippen molar-refractivity contribution in [2.24, 2.45) is 0 Å². The number of benzene rings is 2. The summed E-state index contributed by atoms with van der Waals surface area (Å²) in [4.78, 5) is 16.6. The molecule has 1 amide bonds. The van der Waals surface area contributed by atoms with Gasteiger partial charge in [0, 0.05) is 29.1 Å². The third kappa shape index (κ3) is 5.13. The second kappa shape index (κ2) is 9.37. The van der Waals surface area contributed by atoms with Crippen molar-refractivity contribution in [3.05, 3.63) is 64.9 Å². The fourth-order valence-corrected chi connectivity index (χ4v) is 4.03. The van der Waals surface area contributed by atoms with Gasteiger partial charge >= 0.3 is 0 Å². The van der Waals surface area contributed by atoms with Crippen LogP contribution in [0.25, 0.3) is 5.69 Å². The smallest absolute Gasteiger partial charge is 0.230 e. The van der Waals surface area contributed by atoms with Gasteiger partial charge in [-0.2, -0.15) is 0 Å². The van der Waals surface area contributed by atoms with E-state index in [9.17, 15) is 4.79 Å². The quantitative estimate of drug-likeness (QED) is 0.527. The van der Waals surface area contributed by atoms with E-state index in [1.807, 2.05) is 53.2 Å². The molecular formula is C21H20BrN3O3S. The van der Waals surface area contributed by atoms with Crippen LogP contribution in [0.5, 0.6) is 11.5 Å². The Morgan fingerprint density at radius 1 is 1.14 bits per heavy atom. The number of thioether (sulfide) groups is 1. The van der Waals surface area contributed by atoms with Gasteiger partial charge in [-0.15, -0.1) is 0 Å². The van der Waals surface area contributed by atoms with E-state index in [4.69, 9.17) is 9.47 Å². The van der Waals surface area contributed by atoms with Crippen molar-refractivity contribution in [1.29, 1.82) is 0 Å². The third-order valence-corrected chi connectivity index (χ3v) is 5.88. The Kier molecular flexibility index (Phi) is 6.41. The zero-order valence-corrected chi connectivity index (χ0v) is 18.0. The standard InChI is InChI=1S/C21H20BrN3O3S/c22-16-2-4-17(5-3-16)25-10-9-24-21(25)29-14-20(26)23-8-7-15-1-6-18-19(13-15)28-12-11-27-18/h1-6,9-10,13H,7-8,11-12,14H2,(H,23,26). The lowest BCUT2D eigenvalue weighted by Gasteiger charge is -2.18. The van der Waals surface area contributed by atoms with Crippen LogP contribution in [0.15, 0.2) is 64.5 Å². The topological polar surface area (TPSA) is 65.4 Å². The lowest BCUT2D eigenvalue weighted by atomic mass is 10.1. The van der Waals surface area contributed by atoms with Gasteiger partial charge in [0.25, 0.3) is 0 Å². The molecule has 1 aromatic heterocycles. The summed E-state index contributed by atoms with van der Waals surface area (Å²) in [6.07, 6.45) is 4.37. The largest absolute Gasteiger partial charge is 0.486 e. The minimum atomic E-state index is -0.0158. The highest BCUT2D eigenvalue weighted by atomic mass is 79.9. The molecule has 6 nitrogen and oxygen atoms in total. The van der Waals surface area contributed by atoms with Crippen molar-refractivity contribution < 1.29 is 14.3 Å². The van der Waals surface area contributed by atoms with Crippen LogP contribution in [-0.4, -0.2) is 41.0 Å². The highest BCUT2D eigenvalue weighted by molar-refractivity contribution is 9.10. The molecule has 0 saturated heterocycles. The SMILES string of the molecule is O=C(CSc1nccn1-c1ccc(Br)cc1)NCCc1ccc2c(c1)OCCO2. The Balaban J connectivity index is 1.26. The molecule has 3 aromatic rings. The van der Waals surface area contributed by atoms with Crippen molar-refractivity contribution in [2.75, 3.05) is 25.5 Å². The number of carbonyl (C=O) groups is 1. The van der Waals surface area contributed by atoms with E-state index in [1.165, 1.54) is 11.8 Å². The number of fused-ring (bicyclic) bond motifs is 1. The van der Waals surface area contributed by atoms with Gasteiger partial charge in [0.15, 0.2) is 16.7 Å². The van der Waals surface area contributed by atoms with E-state index in [-0.39, 0.29) is 5.91 Å². The van der Waals surface area contributed by atoms with Crippen LogP contribution in [0.3, 0.4) is 0 Å². The van der Waals surface area contributed by atoms with Gasteiger partial charge in [0.1, 0.15) is 13.2 Å². The fourth-order valence-electron chi connectivity index (χ4n) is 2.97. The molecule has 8 heteroatoms. The number of carbonyl (C=O) groups excluding carboxylic acids is 1. The Hall–Kier alpha value is -2.45. The number of aromatic nitrogens is 2. The Bertz CT molecular complexity index is 991. The fraction of sp³-hybridized carbons (Fsp3) is 0.238. The van der Waals surface area contributed by atoms with E-state index in [0.717, 1.165) is 38.8 Å². The van der Waals surface area contributed by atoms with E-state index < -0.39 is 0 Å². The Morgan fingerprint density at radius 2 is 1.93 bits per heavy atom. The maximum Gasteiger partial charge on any atom is 0.230 e. The van der Waals surface area contributed by atoms with Gasteiger partial charge in [0.05, 0.1) is 5.75 Å². The first-order valence-electron chi connectivity index (χ1n) is 9.26. The first-order chi connectivity index (χ1) is 14.2. The molecule has 4 rings (SSSR count). The van der Waals surface area contributed by atoms with E-state index >= 15 is 0 Å². The molecule has 1 N–H and O–H groups in total. The minimum absolute atomic E-state index is 0.0158. The van der Waals surface area contributed by atoms with Gasteiger partial charge in [-0.1, -0.05) is 33.8 Å². The number of nitrogens with one attached hydrogen (secondary N) is 1. The van der Waals surface area contributed by atoms with Crippen LogP contribution in [-0.2, 0) is 11.2 Å². The molecule has 0 radical (unpaired) electrons. The number of rotatable bonds is 7. The van der Waals surface area contributed by atoms with E-state index in [1.54, 1.807) is 6.20 Å². The molecule has 29 heavy (non-hydrogen) atoms. The first-order valence-corrected chi connectivity index (χ1v) is 11.0. The summed E-state index contributed by atoms with van der Waals surface area (Å²) >= 11 is 4.86. The number of halogens is 1. The van der Waals surface area contributed by atoms with Crippen molar-refractivity contribution in [3.8, 4) is 17.2 Å². The predicted octanol–water partition coefficient (Wildman–Crippen LogP) is 3.86. The average molecular weight is 474 g/mol. The van der Waals surface area contributed by atoms with Crippen molar-refractivity contribution >= 4 is 33.6 Å². The summed E-state index contributed by atoms with van der Waals surface area (Å²) < 4.78 is 14.1. The second-order valence-electron chi connectivity index (χ2n) is 6.42. The monoisotopic (exact) mass is 473 g/mol. The van der Waals surface area contributed by atoms with Crippen LogP contribution < -0.4 is 14.8 Å². The van der Waals surface area contributed by atoms with Gasteiger partial charge in [-0.3, -0.25) is 9.36 Å². The lowest BCUT2D eigenvalue weighted by molar-refractivity contribution is -0.118. The van der Waals surface area contributed by atoms with Crippen LogP contribution in [0, 0.1) is 0 Å².